The molecule has 0 aliphatic rings. The number of sulfonamides is 1. The van der Waals surface area contributed by atoms with Crippen LogP contribution < -0.4 is 5.14 Å². The summed E-state index contributed by atoms with van der Waals surface area (Å²) >= 11 is 0. The first-order chi connectivity index (χ1) is 7.18. The van der Waals surface area contributed by atoms with Crippen LogP contribution in [0.5, 0.6) is 0 Å². The summed E-state index contributed by atoms with van der Waals surface area (Å²) in [4.78, 5) is 0. The van der Waals surface area contributed by atoms with Crippen LogP contribution >= 0.6 is 0 Å². The van der Waals surface area contributed by atoms with Gasteiger partial charge in [-0.05, 0) is 22.6 Å². The average Bonchev–Trinajstić information content (AvgIpc) is 2.13. The molecule has 0 spiro atoms. The fraction of sp³-hybridized carbons (Fsp3) is 0.333. The molecule has 0 atom stereocenters. The van der Waals surface area contributed by atoms with Crippen LogP contribution in [0.15, 0.2) is 29.7 Å². The van der Waals surface area contributed by atoms with E-state index >= 15 is 0 Å². The van der Waals surface area contributed by atoms with Gasteiger partial charge in [-0.1, -0.05) is 45.0 Å². The molecular weight excluding hydrogens is 222 g/mol. The van der Waals surface area contributed by atoms with Crippen molar-refractivity contribution >= 4 is 16.1 Å². The molecule has 4 heteroatoms. The maximum absolute atomic E-state index is 10.7. The minimum Gasteiger partial charge on any atom is -0.225 e. The molecule has 0 aliphatic carbocycles. The largest absolute Gasteiger partial charge is 0.231 e. The molecule has 1 aromatic carbocycles. The van der Waals surface area contributed by atoms with E-state index in [2.05, 4.69) is 20.8 Å². The van der Waals surface area contributed by atoms with Gasteiger partial charge < -0.3 is 0 Å². The van der Waals surface area contributed by atoms with Gasteiger partial charge >= 0.3 is 0 Å². The molecule has 2 N–H and O–H groups in total. The van der Waals surface area contributed by atoms with E-state index in [0.717, 1.165) is 11.0 Å². The monoisotopic (exact) mass is 239 g/mol. The molecule has 0 bridgehead atoms. The SMILES string of the molecule is CC(C)(C)c1ccc(C=CS(N)(=O)=O)cc1. The number of nitrogens with two attached hydrogens (primary N) is 1. The Hall–Kier alpha value is -1.13. The third kappa shape index (κ3) is 4.16. The Balaban J connectivity index is 2.93. The van der Waals surface area contributed by atoms with Crippen molar-refractivity contribution in [2.45, 2.75) is 26.2 Å². The second-order valence-corrected chi connectivity index (χ2v) is 6.21. The summed E-state index contributed by atoms with van der Waals surface area (Å²) in [5, 5.41) is 5.87. The smallest absolute Gasteiger partial charge is 0.225 e. The van der Waals surface area contributed by atoms with E-state index in [1.807, 2.05) is 24.3 Å². The van der Waals surface area contributed by atoms with Gasteiger partial charge in [-0.3, -0.25) is 0 Å². The fourth-order valence-electron chi connectivity index (χ4n) is 1.27. The Labute approximate surface area is 97.0 Å². The van der Waals surface area contributed by atoms with E-state index in [0.29, 0.717) is 0 Å². The van der Waals surface area contributed by atoms with Crippen LogP contribution in [-0.2, 0) is 15.4 Å². The molecule has 1 aromatic rings. The summed E-state index contributed by atoms with van der Waals surface area (Å²) in [6.07, 6.45) is 1.49. The van der Waals surface area contributed by atoms with Crippen LogP contribution in [0.1, 0.15) is 31.9 Å². The first-order valence-corrected chi connectivity index (χ1v) is 6.61. The lowest BCUT2D eigenvalue weighted by Gasteiger charge is -2.18. The maximum atomic E-state index is 10.7. The summed E-state index contributed by atoms with van der Waals surface area (Å²) in [5.41, 5.74) is 2.13. The molecule has 0 amide bonds. The minimum absolute atomic E-state index is 0.0994. The second-order valence-electron chi connectivity index (χ2n) is 4.76. The van der Waals surface area contributed by atoms with E-state index in [1.165, 1.54) is 11.6 Å². The van der Waals surface area contributed by atoms with E-state index in [-0.39, 0.29) is 5.41 Å². The normalized spacial score (nSPS) is 13.2. The van der Waals surface area contributed by atoms with Crippen molar-refractivity contribution in [1.82, 2.24) is 0 Å². The van der Waals surface area contributed by atoms with E-state index < -0.39 is 10.0 Å². The van der Waals surface area contributed by atoms with Crippen molar-refractivity contribution in [3.8, 4) is 0 Å². The van der Waals surface area contributed by atoms with Gasteiger partial charge in [0.1, 0.15) is 0 Å². The molecule has 0 aliphatic heterocycles. The van der Waals surface area contributed by atoms with Crippen LogP contribution in [-0.4, -0.2) is 8.42 Å². The highest BCUT2D eigenvalue weighted by molar-refractivity contribution is 7.92. The van der Waals surface area contributed by atoms with Gasteiger partial charge in [0.2, 0.25) is 10.0 Å². The Morgan fingerprint density at radius 1 is 1.12 bits per heavy atom. The third-order valence-electron chi connectivity index (χ3n) is 2.23. The summed E-state index contributed by atoms with van der Waals surface area (Å²) in [7, 11) is -3.54. The second kappa shape index (κ2) is 4.39. The standard InChI is InChI=1S/C12H17NO2S/c1-12(2,3)11-6-4-10(5-7-11)8-9-16(13,14)15/h4-9H,1-3H3,(H2,13,14,15). The average molecular weight is 239 g/mol. The Kier molecular flexibility index (Phi) is 3.55. The van der Waals surface area contributed by atoms with Crippen molar-refractivity contribution < 1.29 is 8.42 Å². The zero-order valence-corrected chi connectivity index (χ0v) is 10.6. The van der Waals surface area contributed by atoms with Crippen LogP contribution in [0.4, 0.5) is 0 Å². The van der Waals surface area contributed by atoms with Gasteiger partial charge in [0.15, 0.2) is 0 Å². The van der Waals surface area contributed by atoms with Crippen molar-refractivity contribution in [3.05, 3.63) is 40.8 Å². The summed E-state index contributed by atoms with van der Waals surface area (Å²) in [5.74, 6) is 0. The van der Waals surface area contributed by atoms with Crippen molar-refractivity contribution in [1.29, 1.82) is 0 Å². The molecule has 0 aromatic heterocycles. The van der Waals surface area contributed by atoms with Gasteiger partial charge in [0.25, 0.3) is 0 Å². The highest BCUT2D eigenvalue weighted by Crippen LogP contribution is 2.22. The van der Waals surface area contributed by atoms with E-state index in [9.17, 15) is 8.42 Å². The number of benzene rings is 1. The fourth-order valence-corrected chi connectivity index (χ4v) is 1.61. The van der Waals surface area contributed by atoms with Crippen LogP contribution in [0.3, 0.4) is 0 Å². The van der Waals surface area contributed by atoms with E-state index in [4.69, 9.17) is 5.14 Å². The zero-order chi connectivity index (χ0) is 12.4. The molecule has 0 heterocycles. The van der Waals surface area contributed by atoms with Gasteiger partial charge in [-0.25, -0.2) is 13.6 Å². The predicted octanol–water partition coefficient (Wildman–Crippen LogP) is 2.24. The summed E-state index contributed by atoms with van der Waals surface area (Å²) < 4.78 is 21.4. The Morgan fingerprint density at radius 2 is 1.62 bits per heavy atom. The van der Waals surface area contributed by atoms with Crippen molar-refractivity contribution in [2.24, 2.45) is 5.14 Å². The Morgan fingerprint density at radius 3 is 2.00 bits per heavy atom. The van der Waals surface area contributed by atoms with Gasteiger partial charge in [-0.15, -0.1) is 0 Å². The first kappa shape index (κ1) is 12.9. The first-order valence-electron chi connectivity index (χ1n) is 5.00. The number of hydrogen-bond donors (Lipinski definition) is 1. The summed E-state index contributed by atoms with van der Waals surface area (Å²) in [6, 6.07) is 7.73. The van der Waals surface area contributed by atoms with Crippen LogP contribution in [0.2, 0.25) is 0 Å². The van der Waals surface area contributed by atoms with Gasteiger partial charge in [0.05, 0.1) is 0 Å². The topological polar surface area (TPSA) is 60.2 Å². The lowest BCUT2D eigenvalue weighted by molar-refractivity contribution is 0.590. The van der Waals surface area contributed by atoms with Crippen LogP contribution in [0, 0.1) is 0 Å². The predicted molar refractivity (Wildman–Crippen MR) is 67.3 cm³/mol. The van der Waals surface area contributed by atoms with Crippen LogP contribution in [0.25, 0.3) is 6.08 Å². The molecule has 16 heavy (non-hydrogen) atoms. The highest BCUT2D eigenvalue weighted by atomic mass is 32.2. The molecule has 0 saturated carbocycles. The molecule has 0 unspecified atom stereocenters. The van der Waals surface area contributed by atoms with Crippen molar-refractivity contribution in [2.75, 3.05) is 0 Å². The minimum atomic E-state index is -3.54. The highest BCUT2D eigenvalue weighted by Gasteiger charge is 2.12. The molecular formula is C12H17NO2S. The molecule has 0 fully saturated rings. The van der Waals surface area contributed by atoms with E-state index in [1.54, 1.807) is 0 Å². The van der Waals surface area contributed by atoms with Gasteiger partial charge in [-0.2, -0.15) is 0 Å². The molecule has 0 radical (unpaired) electrons. The number of primary sulfonamides is 1. The molecule has 3 nitrogen and oxygen atoms in total. The third-order valence-corrected chi connectivity index (χ3v) is 2.74. The Bertz CT molecular complexity index is 479. The summed E-state index contributed by atoms with van der Waals surface area (Å²) in [6.45, 7) is 6.38. The molecule has 88 valence electrons. The number of rotatable bonds is 2. The lowest BCUT2D eigenvalue weighted by Crippen LogP contribution is -2.10. The quantitative estimate of drug-likeness (QED) is 0.860. The zero-order valence-electron chi connectivity index (χ0n) is 9.77. The maximum Gasteiger partial charge on any atom is 0.231 e. The van der Waals surface area contributed by atoms with Crippen molar-refractivity contribution in [3.63, 3.8) is 0 Å². The molecule has 1 rings (SSSR count). The number of hydrogen-bond acceptors (Lipinski definition) is 2. The lowest BCUT2D eigenvalue weighted by atomic mass is 9.87. The van der Waals surface area contributed by atoms with Gasteiger partial charge in [0, 0.05) is 5.41 Å². The molecule has 0 saturated heterocycles.